The third-order valence-electron chi connectivity index (χ3n) is 4.47. The van der Waals surface area contributed by atoms with Crippen LogP contribution < -0.4 is 0 Å². The molecule has 0 saturated heterocycles. The quantitative estimate of drug-likeness (QED) is 0.755. The number of carboxylic acid groups (broad SMARTS) is 1. The lowest BCUT2D eigenvalue weighted by Crippen LogP contribution is -2.55. The van der Waals surface area contributed by atoms with Gasteiger partial charge in [-0.2, -0.15) is 0 Å². The van der Waals surface area contributed by atoms with E-state index in [4.69, 9.17) is 9.47 Å². The highest BCUT2D eigenvalue weighted by atomic mass is 16.7. The van der Waals surface area contributed by atoms with E-state index in [9.17, 15) is 9.90 Å². The van der Waals surface area contributed by atoms with Crippen LogP contribution >= 0.6 is 0 Å². The van der Waals surface area contributed by atoms with Crippen LogP contribution in [0.25, 0.3) is 0 Å². The number of rotatable bonds is 6. The lowest BCUT2D eigenvalue weighted by Gasteiger charge is -2.45. The molecule has 112 valence electrons. The smallest absolute Gasteiger partial charge is 0.364 e. The van der Waals surface area contributed by atoms with Gasteiger partial charge in [-0.25, -0.2) is 4.79 Å². The third-order valence-corrected chi connectivity index (χ3v) is 4.47. The van der Waals surface area contributed by atoms with Crippen molar-refractivity contribution in [1.29, 1.82) is 0 Å². The van der Waals surface area contributed by atoms with Crippen molar-refractivity contribution in [3.63, 3.8) is 0 Å². The molecule has 1 rings (SSSR count). The number of methoxy groups -OCH3 is 1. The maximum atomic E-state index is 11.8. The van der Waals surface area contributed by atoms with Crippen LogP contribution in [-0.2, 0) is 14.3 Å². The second kappa shape index (κ2) is 6.71. The molecule has 4 unspecified atom stereocenters. The molecule has 4 atom stereocenters. The van der Waals surface area contributed by atoms with Crippen LogP contribution in [0.2, 0.25) is 0 Å². The topological polar surface area (TPSA) is 55.8 Å². The zero-order chi connectivity index (χ0) is 14.6. The minimum atomic E-state index is -1.49. The van der Waals surface area contributed by atoms with Gasteiger partial charge in [0, 0.05) is 19.6 Å². The highest BCUT2D eigenvalue weighted by Gasteiger charge is 2.53. The number of carboxylic acids is 1. The Labute approximate surface area is 116 Å². The minimum Gasteiger partial charge on any atom is -0.477 e. The van der Waals surface area contributed by atoms with Gasteiger partial charge < -0.3 is 14.6 Å². The van der Waals surface area contributed by atoms with E-state index in [0.29, 0.717) is 24.4 Å². The molecule has 0 aromatic rings. The Morgan fingerprint density at radius 3 is 2.47 bits per heavy atom. The van der Waals surface area contributed by atoms with Crippen molar-refractivity contribution in [2.75, 3.05) is 13.7 Å². The molecular weight excluding hydrogens is 244 g/mol. The molecule has 0 amide bonds. The van der Waals surface area contributed by atoms with Crippen molar-refractivity contribution < 1.29 is 19.4 Å². The van der Waals surface area contributed by atoms with Gasteiger partial charge in [0.25, 0.3) is 5.79 Å². The average molecular weight is 272 g/mol. The van der Waals surface area contributed by atoms with Gasteiger partial charge in [0.15, 0.2) is 0 Å². The molecule has 0 aliphatic heterocycles. The predicted octanol–water partition coefficient (Wildman–Crippen LogP) is 3.16. The largest absolute Gasteiger partial charge is 0.477 e. The summed E-state index contributed by atoms with van der Waals surface area (Å²) in [5.41, 5.74) is 0. The Hall–Kier alpha value is -0.610. The van der Waals surface area contributed by atoms with E-state index in [0.717, 1.165) is 19.3 Å². The molecular formula is C15H28O4. The van der Waals surface area contributed by atoms with Crippen LogP contribution in [0.15, 0.2) is 0 Å². The van der Waals surface area contributed by atoms with Crippen LogP contribution in [0.3, 0.4) is 0 Å². The van der Waals surface area contributed by atoms with E-state index in [1.807, 2.05) is 6.92 Å². The van der Waals surface area contributed by atoms with Crippen molar-refractivity contribution in [2.24, 2.45) is 23.7 Å². The fourth-order valence-electron chi connectivity index (χ4n) is 3.48. The SMILES string of the molecule is CCOC(OC)(C(=O)O)C1CC(C)CCC1C(C)C. The summed E-state index contributed by atoms with van der Waals surface area (Å²) in [6.45, 7) is 8.64. The van der Waals surface area contributed by atoms with Gasteiger partial charge in [-0.15, -0.1) is 0 Å². The lowest BCUT2D eigenvalue weighted by molar-refractivity contribution is -0.269. The second-order valence-electron chi connectivity index (χ2n) is 6.04. The van der Waals surface area contributed by atoms with Crippen molar-refractivity contribution in [3.8, 4) is 0 Å². The third kappa shape index (κ3) is 3.29. The first-order valence-corrected chi connectivity index (χ1v) is 7.31. The molecule has 0 aromatic carbocycles. The fraction of sp³-hybridized carbons (Fsp3) is 0.933. The first-order chi connectivity index (χ1) is 8.89. The molecule has 1 saturated carbocycles. The van der Waals surface area contributed by atoms with Crippen molar-refractivity contribution >= 4 is 5.97 Å². The van der Waals surface area contributed by atoms with E-state index >= 15 is 0 Å². The van der Waals surface area contributed by atoms with E-state index in [1.54, 1.807) is 0 Å². The zero-order valence-electron chi connectivity index (χ0n) is 12.8. The number of ether oxygens (including phenoxy) is 2. The van der Waals surface area contributed by atoms with Crippen LogP contribution in [0.5, 0.6) is 0 Å². The van der Waals surface area contributed by atoms with Gasteiger partial charge in [-0.05, 0) is 37.5 Å². The zero-order valence-corrected chi connectivity index (χ0v) is 12.8. The van der Waals surface area contributed by atoms with Crippen molar-refractivity contribution in [3.05, 3.63) is 0 Å². The maximum absolute atomic E-state index is 11.8. The molecule has 4 nitrogen and oxygen atoms in total. The molecule has 1 aliphatic rings. The molecule has 1 fully saturated rings. The molecule has 0 heterocycles. The average Bonchev–Trinajstić information content (AvgIpc) is 2.35. The Kier molecular flexibility index (Phi) is 5.81. The molecule has 0 radical (unpaired) electrons. The fourth-order valence-corrected chi connectivity index (χ4v) is 3.48. The summed E-state index contributed by atoms with van der Waals surface area (Å²) in [5, 5.41) is 9.64. The van der Waals surface area contributed by atoms with Gasteiger partial charge in [-0.3, -0.25) is 0 Å². The number of aliphatic carboxylic acids is 1. The van der Waals surface area contributed by atoms with Gasteiger partial charge in [0.05, 0.1) is 0 Å². The summed E-state index contributed by atoms with van der Waals surface area (Å²) >= 11 is 0. The summed E-state index contributed by atoms with van der Waals surface area (Å²) in [6, 6.07) is 0. The second-order valence-corrected chi connectivity index (χ2v) is 6.04. The van der Waals surface area contributed by atoms with Crippen LogP contribution in [0, 0.1) is 23.7 Å². The maximum Gasteiger partial charge on any atom is 0.364 e. The van der Waals surface area contributed by atoms with Crippen molar-refractivity contribution in [2.45, 2.75) is 52.7 Å². The number of carbonyl (C=O) groups is 1. The van der Waals surface area contributed by atoms with Gasteiger partial charge in [0.1, 0.15) is 0 Å². The Morgan fingerprint density at radius 1 is 1.42 bits per heavy atom. The lowest BCUT2D eigenvalue weighted by atomic mass is 9.66. The van der Waals surface area contributed by atoms with E-state index in [2.05, 4.69) is 20.8 Å². The van der Waals surface area contributed by atoms with Crippen molar-refractivity contribution in [1.82, 2.24) is 0 Å². The molecule has 1 aliphatic carbocycles. The van der Waals surface area contributed by atoms with Gasteiger partial charge >= 0.3 is 5.97 Å². The summed E-state index contributed by atoms with van der Waals surface area (Å²) in [6.07, 6.45) is 3.06. The molecule has 0 aromatic heterocycles. The standard InChI is InChI=1S/C15H28O4/c1-6-19-15(18-5,14(16)17)13-9-11(4)7-8-12(13)10(2)3/h10-13H,6-9H2,1-5H3,(H,16,17). The van der Waals surface area contributed by atoms with Gasteiger partial charge in [0.2, 0.25) is 0 Å². The van der Waals surface area contributed by atoms with Crippen LogP contribution in [-0.4, -0.2) is 30.6 Å². The highest BCUT2D eigenvalue weighted by Crippen LogP contribution is 2.45. The van der Waals surface area contributed by atoms with E-state index in [1.165, 1.54) is 7.11 Å². The predicted molar refractivity (Wildman–Crippen MR) is 73.8 cm³/mol. The molecule has 4 heteroatoms. The normalized spacial score (nSPS) is 31.2. The van der Waals surface area contributed by atoms with Crippen LogP contribution in [0.1, 0.15) is 47.0 Å². The first kappa shape index (κ1) is 16.4. The monoisotopic (exact) mass is 272 g/mol. The molecule has 0 bridgehead atoms. The minimum absolute atomic E-state index is 0.0845. The highest BCUT2D eigenvalue weighted by molar-refractivity contribution is 5.76. The molecule has 1 N–H and O–H groups in total. The summed E-state index contributed by atoms with van der Waals surface area (Å²) in [7, 11) is 1.44. The van der Waals surface area contributed by atoms with E-state index < -0.39 is 11.8 Å². The van der Waals surface area contributed by atoms with Crippen LogP contribution in [0.4, 0.5) is 0 Å². The molecule has 0 spiro atoms. The summed E-state index contributed by atoms with van der Waals surface area (Å²) in [4.78, 5) is 11.8. The van der Waals surface area contributed by atoms with E-state index in [-0.39, 0.29) is 5.92 Å². The summed E-state index contributed by atoms with van der Waals surface area (Å²) in [5.74, 6) is -1.28. The first-order valence-electron chi connectivity index (χ1n) is 7.31. The Balaban J connectivity index is 3.11. The molecule has 19 heavy (non-hydrogen) atoms. The Morgan fingerprint density at radius 2 is 2.05 bits per heavy atom. The Bertz CT molecular complexity index is 303. The number of hydrogen-bond donors (Lipinski definition) is 1. The van der Waals surface area contributed by atoms with Gasteiger partial charge in [-0.1, -0.05) is 27.2 Å². The number of hydrogen-bond acceptors (Lipinski definition) is 3. The summed E-state index contributed by atoms with van der Waals surface area (Å²) < 4.78 is 11.0.